The summed E-state index contributed by atoms with van der Waals surface area (Å²) in [5, 5.41) is 8.80. The molecule has 2 heteroatoms. The van der Waals surface area contributed by atoms with Gasteiger partial charge in [0.2, 0.25) is 0 Å². The number of aliphatic hydroxyl groups is 1. The first-order chi connectivity index (χ1) is 7.28. The van der Waals surface area contributed by atoms with E-state index in [2.05, 4.69) is 24.3 Å². The minimum Gasteiger partial charge on any atom is -0.396 e. The molecule has 0 heterocycles. The van der Waals surface area contributed by atoms with Gasteiger partial charge in [-0.25, -0.2) is 0 Å². The van der Waals surface area contributed by atoms with E-state index in [9.17, 15) is 0 Å². The summed E-state index contributed by atoms with van der Waals surface area (Å²) in [4.78, 5) is 0. The highest BCUT2D eigenvalue weighted by Gasteiger charge is 2.42. The topological polar surface area (TPSA) is 29.5 Å². The lowest BCUT2D eigenvalue weighted by Crippen LogP contribution is -2.14. The highest BCUT2D eigenvalue weighted by atomic mass is 16.5. The molecule has 0 spiro atoms. The van der Waals surface area contributed by atoms with E-state index in [-0.39, 0.29) is 12.2 Å². The van der Waals surface area contributed by atoms with Gasteiger partial charge < -0.3 is 9.84 Å². The Hall–Kier alpha value is -0.860. The van der Waals surface area contributed by atoms with Crippen molar-refractivity contribution in [1.82, 2.24) is 0 Å². The maximum Gasteiger partial charge on any atom is 0.0721 e. The summed E-state index contributed by atoms with van der Waals surface area (Å²) in [5.41, 5.74) is 2.66. The second-order valence-corrected chi connectivity index (χ2v) is 4.35. The lowest BCUT2D eigenvalue weighted by atomic mass is 10.0. The van der Waals surface area contributed by atoms with Crippen LogP contribution in [0.25, 0.3) is 0 Å². The normalized spacial score (nSPS) is 17.7. The van der Waals surface area contributed by atoms with Crippen molar-refractivity contribution in [2.45, 2.75) is 31.3 Å². The van der Waals surface area contributed by atoms with Gasteiger partial charge in [-0.05, 0) is 30.4 Å². The molecule has 1 aliphatic rings. The summed E-state index contributed by atoms with van der Waals surface area (Å²) in [6.45, 7) is 0.224. The van der Waals surface area contributed by atoms with E-state index in [1.165, 1.54) is 24.0 Å². The van der Waals surface area contributed by atoms with Crippen LogP contribution in [0, 0.1) is 0 Å². The Morgan fingerprint density at radius 3 is 2.27 bits per heavy atom. The van der Waals surface area contributed by atoms with Gasteiger partial charge in [-0.1, -0.05) is 24.3 Å². The van der Waals surface area contributed by atoms with Crippen molar-refractivity contribution in [1.29, 1.82) is 0 Å². The monoisotopic (exact) mass is 206 g/mol. The van der Waals surface area contributed by atoms with E-state index in [1.807, 2.05) is 0 Å². The Balaban J connectivity index is 1.98. The molecule has 0 aromatic heterocycles. The molecule has 0 bridgehead atoms. The van der Waals surface area contributed by atoms with Crippen molar-refractivity contribution in [3.05, 3.63) is 35.4 Å². The number of aliphatic hydroxyl groups excluding tert-OH is 1. The van der Waals surface area contributed by atoms with Gasteiger partial charge >= 0.3 is 0 Å². The number of ether oxygens (including phenoxy) is 1. The van der Waals surface area contributed by atoms with E-state index < -0.39 is 0 Å². The molecule has 1 aliphatic carbocycles. The average molecular weight is 206 g/mol. The minimum atomic E-state index is 0.137. The van der Waals surface area contributed by atoms with E-state index in [4.69, 9.17) is 9.84 Å². The summed E-state index contributed by atoms with van der Waals surface area (Å²) < 4.78 is 5.49. The van der Waals surface area contributed by atoms with Gasteiger partial charge in [0.25, 0.3) is 0 Å². The highest BCUT2D eigenvalue weighted by Crippen LogP contribution is 2.41. The highest BCUT2D eigenvalue weighted by molar-refractivity contribution is 5.25. The molecule has 0 radical (unpaired) electrons. The molecule has 1 fully saturated rings. The molecule has 1 aromatic carbocycles. The quantitative estimate of drug-likeness (QED) is 0.797. The predicted octanol–water partition coefficient (Wildman–Crippen LogP) is 1.94. The minimum absolute atomic E-state index is 0.137. The number of rotatable bonds is 5. The van der Waals surface area contributed by atoms with Crippen LogP contribution < -0.4 is 0 Å². The maximum atomic E-state index is 8.80. The molecule has 0 aliphatic heterocycles. The first-order valence-electron chi connectivity index (χ1n) is 5.52. The smallest absolute Gasteiger partial charge is 0.0721 e. The first kappa shape index (κ1) is 10.7. The fourth-order valence-electron chi connectivity index (χ4n) is 1.92. The standard InChI is InChI=1S/C13H18O2/c1-15-13(7-8-13)10-12-4-2-11(3-5-12)6-9-14/h2-5,14H,6-10H2,1H3. The molecule has 1 N–H and O–H groups in total. The Bertz CT molecular complexity index is 312. The van der Waals surface area contributed by atoms with Gasteiger partial charge in [0.05, 0.1) is 5.60 Å². The molecule has 82 valence electrons. The van der Waals surface area contributed by atoms with Crippen LogP contribution in [0.4, 0.5) is 0 Å². The predicted molar refractivity (Wildman–Crippen MR) is 59.9 cm³/mol. The fraction of sp³-hybridized carbons (Fsp3) is 0.538. The van der Waals surface area contributed by atoms with Gasteiger partial charge in [0, 0.05) is 20.1 Å². The van der Waals surface area contributed by atoms with Crippen LogP contribution in [0.1, 0.15) is 24.0 Å². The molecule has 2 nitrogen and oxygen atoms in total. The first-order valence-corrected chi connectivity index (χ1v) is 5.52. The van der Waals surface area contributed by atoms with Crippen LogP contribution in [0.15, 0.2) is 24.3 Å². The molecule has 1 saturated carbocycles. The van der Waals surface area contributed by atoms with Crippen LogP contribution in [-0.4, -0.2) is 24.4 Å². The maximum absolute atomic E-state index is 8.80. The Kier molecular flexibility index (Phi) is 3.08. The Morgan fingerprint density at radius 1 is 1.20 bits per heavy atom. The van der Waals surface area contributed by atoms with Crippen LogP contribution >= 0.6 is 0 Å². The van der Waals surface area contributed by atoms with Gasteiger partial charge in [-0.3, -0.25) is 0 Å². The Labute approximate surface area is 90.9 Å². The molecular formula is C13H18O2. The molecule has 0 saturated heterocycles. The molecule has 1 aromatic rings. The summed E-state index contributed by atoms with van der Waals surface area (Å²) in [7, 11) is 1.80. The summed E-state index contributed by atoms with van der Waals surface area (Å²) in [5.74, 6) is 0. The van der Waals surface area contributed by atoms with Crippen molar-refractivity contribution >= 4 is 0 Å². The zero-order valence-corrected chi connectivity index (χ0v) is 9.20. The second-order valence-electron chi connectivity index (χ2n) is 4.35. The van der Waals surface area contributed by atoms with E-state index in [0.29, 0.717) is 0 Å². The number of benzene rings is 1. The average Bonchev–Trinajstić information content (AvgIpc) is 3.02. The van der Waals surface area contributed by atoms with E-state index in [1.54, 1.807) is 7.11 Å². The van der Waals surface area contributed by atoms with Crippen LogP contribution in [-0.2, 0) is 17.6 Å². The van der Waals surface area contributed by atoms with Crippen molar-refractivity contribution in [3.63, 3.8) is 0 Å². The molecule has 15 heavy (non-hydrogen) atoms. The third kappa shape index (κ3) is 2.58. The van der Waals surface area contributed by atoms with E-state index in [0.717, 1.165) is 12.8 Å². The Morgan fingerprint density at radius 2 is 1.80 bits per heavy atom. The number of hydrogen-bond acceptors (Lipinski definition) is 2. The third-order valence-corrected chi connectivity index (χ3v) is 3.19. The third-order valence-electron chi connectivity index (χ3n) is 3.19. The fourth-order valence-corrected chi connectivity index (χ4v) is 1.92. The summed E-state index contributed by atoms with van der Waals surface area (Å²) in [6, 6.07) is 8.47. The van der Waals surface area contributed by atoms with Gasteiger partial charge in [-0.2, -0.15) is 0 Å². The van der Waals surface area contributed by atoms with Crippen LogP contribution in [0.3, 0.4) is 0 Å². The zero-order valence-electron chi connectivity index (χ0n) is 9.20. The van der Waals surface area contributed by atoms with Crippen LogP contribution in [0.5, 0.6) is 0 Å². The van der Waals surface area contributed by atoms with Crippen molar-refractivity contribution in [3.8, 4) is 0 Å². The number of methoxy groups -OCH3 is 1. The van der Waals surface area contributed by atoms with Gasteiger partial charge in [0.15, 0.2) is 0 Å². The molecule has 0 amide bonds. The molecule has 2 rings (SSSR count). The van der Waals surface area contributed by atoms with Crippen molar-refractivity contribution < 1.29 is 9.84 Å². The molecular weight excluding hydrogens is 188 g/mol. The van der Waals surface area contributed by atoms with E-state index >= 15 is 0 Å². The second kappa shape index (κ2) is 4.33. The lowest BCUT2D eigenvalue weighted by Gasteiger charge is -2.13. The summed E-state index contributed by atoms with van der Waals surface area (Å²) in [6.07, 6.45) is 4.13. The molecule has 0 unspecified atom stereocenters. The zero-order chi connectivity index (χ0) is 10.7. The number of hydrogen-bond donors (Lipinski definition) is 1. The molecule has 0 atom stereocenters. The lowest BCUT2D eigenvalue weighted by molar-refractivity contribution is 0.0807. The van der Waals surface area contributed by atoms with Crippen LogP contribution in [0.2, 0.25) is 0 Å². The van der Waals surface area contributed by atoms with Crippen molar-refractivity contribution in [2.24, 2.45) is 0 Å². The summed E-state index contributed by atoms with van der Waals surface area (Å²) >= 11 is 0. The van der Waals surface area contributed by atoms with Crippen molar-refractivity contribution in [2.75, 3.05) is 13.7 Å². The SMILES string of the molecule is COC1(Cc2ccc(CCO)cc2)CC1. The largest absolute Gasteiger partial charge is 0.396 e. The van der Waals surface area contributed by atoms with Gasteiger partial charge in [0.1, 0.15) is 0 Å². The van der Waals surface area contributed by atoms with Gasteiger partial charge in [-0.15, -0.1) is 0 Å².